The summed E-state index contributed by atoms with van der Waals surface area (Å²) in [5.41, 5.74) is 6.15. The second kappa shape index (κ2) is 9.55. The standard InChI is InChI=1S/C35H47O3P/c1-32(2,3)25-19-23-18-24-20-26(33(4,5)6)22-29(35(10,11)12)31(24)38-39(36,27-16-14-13-15-17-27)37-30(23)28(21-25)34(7,8)9/h13-17,19-22H,18H2,1-12H3. The maximum absolute atomic E-state index is 15.0. The van der Waals surface area contributed by atoms with Crippen LogP contribution in [0.25, 0.3) is 0 Å². The summed E-state index contributed by atoms with van der Waals surface area (Å²) in [7, 11) is -3.81. The Morgan fingerprint density at radius 3 is 1.28 bits per heavy atom. The van der Waals surface area contributed by atoms with E-state index in [-0.39, 0.29) is 21.7 Å². The molecule has 0 fully saturated rings. The fourth-order valence-corrected chi connectivity index (χ4v) is 6.71. The van der Waals surface area contributed by atoms with Gasteiger partial charge in [0.1, 0.15) is 11.5 Å². The van der Waals surface area contributed by atoms with Crippen molar-refractivity contribution in [2.75, 3.05) is 0 Å². The first-order valence-corrected chi connectivity index (χ1v) is 15.6. The van der Waals surface area contributed by atoms with Crippen molar-refractivity contribution in [3.8, 4) is 11.5 Å². The SMILES string of the molecule is CC(C)(C)c1cc2c(c(C(C)(C)C)c1)OP(=O)(c1ccccc1)Oc1c(cc(C(C)(C)C)cc1C(C)(C)C)C2. The lowest BCUT2D eigenvalue weighted by Gasteiger charge is -2.35. The van der Waals surface area contributed by atoms with Gasteiger partial charge < -0.3 is 9.05 Å². The van der Waals surface area contributed by atoms with Crippen molar-refractivity contribution >= 4 is 12.9 Å². The third kappa shape index (κ3) is 5.99. The van der Waals surface area contributed by atoms with Gasteiger partial charge in [0.15, 0.2) is 0 Å². The monoisotopic (exact) mass is 546 g/mol. The maximum Gasteiger partial charge on any atom is 0.462 e. The number of benzene rings is 3. The van der Waals surface area contributed by atoms with Crippen molar-refractivity contribution in [3.63, 3.8) is 0 Å². The molecule has 0 atom stereocenters. The van der Waals surface area contributed by atoms with Crippen LogP contribution in [0.1, 0.15) is 116 Å². The fraction of sp³-hybridized carbons (Fsp3) is 0.486. The van der Waals surface area contributed by atoms with Gasteiger partial charge in [-0.2, -0.15) is 0 Å². The van der Waals surface area contributed by atoms with Crippen LogP contribution in [-0.4, -0.2) is 0 Å². The zero-order chi connectivity index (χ0) is 29.2. The molecule has 4 heteroatoms. The van der Waals surface area contributed by atoms with Crippen molar-refractivity contribution in [3.05, 3.63) is 88.0 Å². The molecule has 4 rings (SSSR count). The molecule has 39 heavy (non-hydrogen) atoms. The predicted molar refractivity (Wildman–Crippen MR) is 165 cm³/mol. The highest BCUT2D eigenvalue weighted by Crippen LogP contribution is 2.56. The molecule has 210 valence electrons. The van der Waals surface area contributed by atoms with E-state index in [0.717, 1.165) is 22.3 Å². The second-order valence-corrected chi connectivity index (χ2v) is 17.1. The van der Waals surface area contributed by atoms with Gasteiger partial charge in [-0.3, -0.25) is 0 Å². The molecule has 1 heterocycles. The summed E-state index contributed by atoms with van der Waals surface area (Å²) in [4.78, 5) is 0. The van der Waals surface area contributed by atoms with Crippen LogP contribution in [-0.2, 0) is 32.6 Å². The van der Waals surface area contributed by atoms with Gasteiger partial charge in [-0.1, -0.05) is 126 Å². The highest BCUT2D eigenvalue weighted by molar-refractivity contribution is 7.63. The van der Waals surface area contributed by atoms with Crippen molar-refractivity contribution in [2.24, 2.45) is 0 Å². The molecule has 0 bridgehead atoms. The summed E-state index contributed by atoms with van der Waals surface area (Å²) >= 11 is 0. The van der Waals surface area contributed by atoms with E-state index < -0.39 is 7.60 Å². The molecule has 0 radical (unpaired) electrons. The van der Waals surface area contributed by atoms with Gasteiger partial charge in [0.05, 0.1) is 5.30 Å². The Labute approximate surface area is 236 Å². The fourth-order valence-electron chi connectivity index (χ4n) is 5.02. The summed E-state index contributed by atoms with van der Waals surface area (Å²) < 4.78 is 28.4. The lowest BCUT2D eigenvalue weighted by atomic mass is 9.76. The van der Waals surface area contributed by atoms with Crippen LogP contribution < -0.4 is 14.4 Å². The summed E-state index contributed by atoms with van der Waals surface area (Å²) in [6, 6.07) is 18.4. The third-order valence-electron chi connectivity index (χ3n) is 7.56. The van der Waals surface area contributed by atoms with Gasteiger partial charge in [-0.05, 0) is 56.0 Å². The molecular formula is C35H47O3P. The summed E-state index contributed by atoms with van der Waals surface area (Å²) in [6.45, 7) is 26.6. The third-order valence-corrected chi connectivity index (χ3v) is 9.33. The highest BCUT2D eigenvalue weighted by atomic mass is 31.2. The topological polar surface area (TPSA) is 35.5 Å². The Kier molecular flexibility index (Phi) is 7.22. The van der Waals surface area contributed by atoms with Crippen molar-refractivity contribution in [1.29, 1.82) is 0 Å². The average molecular weight is 547 g/mol. The van der Waals surface area contributed by atoms with E-state index in [1.165, 1.54) is 11.1 Å². The Hall–Kier alpha value is -2.51. The van der Waals surface area contributed by atoms with E-state index in [2.05, 4.69) is 107 Å². The lowest BCUT2D eigenvalue weighted by molar-refractivity contribution is 0.379. The normalized spacial score (nSPS) is 15.8. The van der Waals surface area contributed by atoms with E-state index in [1.54, 1.807) is 0 Å². The largest absolute Gasteiger partial charge is 0.462 e. The average Bonchev–Trinajstić information content (AvgIpc) is 2.77. The number of hydrogen-bond acceptors (Lipinski definition) is 3. The van der Waals surface area contributed by atoms with Crippen molar-refractivity contribution in [1.82, 2.24) is 0 Å². The smallest absolute Gasteiger partial charge is 0.412 e. The minimum absolute atomic E-state index is 0.0519. The number of fused-ring (bicyclic) bond motifs is 2. The van der Waals surface area contributed by atoms with Crippen LogP contribution in [0.3, 0.4) is 0 Å². The molecule has 1 aliphatic rings. The zero-order valence-electron chi connectivity index (χ0n) is 26.1. The second-order valence-electron chi connectivity index (χ2n) is 15.2. The van der Waals surface area contributed by atoms with Gasteiger partial charge >= 0.3 is 7.60 Å². The molecule has 0 spiro atoms. The Morgan fingerprint density at radius 1 is 0.564 bits per heavy atom. The first kappa shape index (κ1) is 29.5. The zero-order valence-corrected chi connectivity index (χ0v) is 27.0. The Balaban J connectivity index is 2.15. The first-order chi connectivity index (χ1) is 17.7. The van der Waals surface area contributed by atoms with Crippen molar-refractivity contribution < 1.29 is 13.6 Å². The first-order valence-electron chi connectivity index (χ1n) is 14.1. The van der Waals surface area contributed by atoms with Crippen molar-refractivity contribution in [2.45, 2.75) is 111 Å². The van der Waals surface area contributed by atoms with E-state index in [1.807, 2.05) is 30.3 Å². The molecule has 0 N–H and O–H groups in total. The van der Waals surface area contributed by atoms with Crippen LogP contribution in [0.15, 0.2) is 54.6 Å². The molecule has 3 aromatic carbocycles. The van der Waals surface area contributed by atoms with Gasteiger partial charge in [-0.15, -0.1) is 0 Å². The van der Waals surface area contributed by atoms with Gasteiger partial charge in [0, 0.05) is 17.5 Å². The maximum atomic E-state index is 15.0. The van der Waals surface area contributed by atoms with Crippen LogP contribution in [0.2, 0.25) is 0 Å². The van der Waals surface area contributed by atoms with Gasteiger partial charge in [0.25, 0.3) is 0 Å². The quantitative estimate of drug-likeness (QED) is 0.285. The molecule has 1 aliphatic heterocycles. The minimum atomic E-state index is -3.81. The molecule has 0 saturated heterocycles. The molecule has 3 aromatic rings. The Morgan fingerprint density at radius 2 is 0.949 bits per heavy atom. The highest BCUT2D eigenvalue weighted by Gasteiger charge is 2.40. The summed E-state index contributed by atoms with van der Waals surface area (Å²) in [5, 5.41) is 0.559. The van der Waals surface area contributed by atoms with Gasteiger partial charge in [-0.25, -0.2) is 4.57 Å². The minimum Gasteiger partial charge on any atom is -0.412 e. The molecule has 0 saturated carbocycles. The molecule has 0 aromatic heterocycles. The van der Waals surface area contributed by atoms with E-state index in [9.17, 15) is 0 Å². The van der Waals surface area contributed by atoms with E-state index in [4.69, 9.17) is 9.05 Å². The number of hydrogen-bond donors (Lipinski definition) is 0. The molecule has 0 amide bonds. The molecule has 0 unspecified atom stereocenters. The lowest BCUT2D eigenvalue weighted by Crippen LogP contribution is -2.25. The molecular weight excluding hydrogens is 499 g/mol. The molecule has 3 nitrogen and oxygen atoms in total. The summed E-state index contributed by atoms with van der Waals surface area (Å²) in [6.07, 6.45) is 0.638. The van der Waals surface area contributed by atoms with Crippen LogP contribution in [0.4, 0.5) is 0 Å². The van der Waals surface area contributed by atoms with Crippen LogP contribution >= 0.6 is 7.60 Å². The Bertz CT molecular complexity index is 1330. The van der Waals surface area contributed by atoms with Gasteiger partial charge in [0.2, 0.25) is 0 Å². The van der Waals surface area contributed by atoms with E-state index in [0.29, 0.717) is 23.2 Å². The summed E-state index contributed by atoms with van der Waals surface area (Å²) in [5.74, 6) is 1.37. The van der Waals surface area contributed by atoms with Crippen LogP contribution in [0.5, 0.6) is 11.5 Å². The number of rotatable bonds is 1. The predicted octanol–water partition coefficient (Wildman–Crippen LogP) is 9.76. The van der Waals surface area contributed by atoms with Crippen LogP contribution in [0, 0.1) is 0 Å². The van der Waals surface area contributed by atoms with E-state index >= 15 is 4.57 Å². The molecule has 0 aliphatic carbocycles.